The predicted molar refractivity (Wildman–Crippen MR) is 112 cm³/mol. The second kappa shape index (κ2) is 8.28. The maximum Gasteiger partial charge on any atom is 0.243 e. The van der Waals surface area contributed by atoms with Crippen molar-refractivity contribution in [3.8, 4) is 11.5 Å². The number of sulfonamides is 1. The van der Waals surface area contributed by atoms with E-state index >= 15 is 0 Å². The van der Waals surface area contributed by atoms with Gasteiger partial charge in [-0.2, -0.15) is 4.31 Å². The summed E-state index contributed by atoms with van der Waals surface area (Å²) in [4.78, 5) is 13.2. The van der Waals surface area contributed by atoms with Gasteiger partial charge >= 0.3 is 0 Å². The van der Waals surface area contributed by atoms with E-state index in [4.69, 9.17) is 9.47 Å². The smallest absolute Gasteiger partial charge is 0.243 e. The topological polar surface area (TPSA) is 84.9 Å². The Morgan fingerprint density at radius 1 is 1.00 bits per heavy atom. The molecule has 2 fully saturated rings. The molecular weight excluding hydrogens is 404 g/mol. The maximum absolute atomic E-state index is 13.3. The Balaban J connectivity index is 1.65. The zero-order valence-corrected chi connectivity index (χ0v) is 17.9. The molecule has 2 atom stereocenters. The minimum atomic E-state index is -3.75. The highest BCUT2D eigenvalue weighted by atomic mass is 32.2. The Labute approximate surface area is 177 Å². The molecule has 1 aliphatic heterocycles. The number of methoxy groups -OCH3 is 2. The van der Waals surface area contributed by atoms with Crippen molar-refractivity contribution in [2.75, 3.05) is 27.3 Å². The van der Waals surface area contributed by atoms with Crippen LogP contribution < -0.4 is 14.8 Å². The second-order valence-corrected chi connectivity index (χ2v) is 9.67. The van der Waals surface area contributed by atoms with Gasteiger partial charge in [-0.25, -0.2) is 8.42 Å². The molecule has 7 nitrogen and oxygen atoms in total. The number of benzene rings is 2. The van der Waals surface area contributed by atoms with Gasteiger partial charge < -0.3 is 14.8 Å². The van der Waals surface area contributed by atoms with Crippen molar-refractivity contribution in [2.45, 2.75) is 29.7 Å². The Hall–Kier alpha value is -2.58. The summed E-state index contributed by atoms with van der Waals surface area (Å²) in [5.41, 5.74) is 0.850. The van der Waals surface area contributed by atoms with E-state index in [-0.39, 0.29) is 35.9 Å². The zero-order valence-electron chi connectivity index (χ0n) is 17.1. The molecule has 2 aromatic carbocycles. The van der Waals surface area contributed by atoms with E-state index in [0.29, 0.717) is 11.5 Å². The lowest BCUT2D eigenvalue weighted by molar-refractivity contribution is -0.125. The van der Waals surface area contributed by atoms with Gasteiger partial charge in [-0.05, 0) is 48.7 Å². The van der Waals surface area contributed by atoms with Crippen LogP contribution >= 0.6 is 0 Å². The highest BCUT2D eigenvalue weighted by Crippen LogP contribution is 2.40. The fourth-order valence-electron chi connectivity index (χ4n) is 3.95. The van der Waals surface area contributed by atoms with Gasteiger partial charge in [0.1, 0.15) is 11.5 Å². The van der Waals surface area contributed by atoms with Crippen molar-refractivity contribution < 1.29 is 22.7 Å². The molecular formula is C22H26N2O5S. The van der Waals surface area contributed by atoms with Gasteiger partial charge in [0.15, 0.2) is 0 Å². The third-order valence-electron chi connectivity index (χ3n) is 5.78. The quantitative estimate of drug-likeness (QED) is 0.729. The molecule has 0 radical (unpaired) electrons. The highest BCUT2D eigenvalue weighted by Gasteiger charge is 2.45. The van der Waals surface area contributed by atoms with Crippen LogP contribution in [0.4, 0.5) is 0 Å². The van der Waals surface area contributed by atoms with E-state index in [0.717, 1.165) is 18.4 Å². The van der Waals surface area contributed by atoms with E-state index in [1.807, 2.05) is 24.3 Å². The SMILES string of the molecule is COc1ccc(S(=O)(=O)N2CC(C(=O)NC3CC3)C(c3ccccc3OC)C2)cc1. The monoisotopic (exact) mass is 430 g/mol. The first kappa shape index (κ1) is 20.7. The molecule has 0 spiro atoms. The number of ether oxygens (including phenoxy) is 2. The molecule has 2 aliphatic rings. The molecule has 2 unspecified atom stereocenters. The number of carbonyl (C=O) groups is 1. The summed E-state index contributed by atoms with van der Waals surface area (Å²) in [7, 11) is -0.632. The third-order valence-corrected chi connectivity index (χ3v) is 7.63. The molecule has 0 bridgehead atoms. The Morgan fingerprint density at radius 2 is 1.70 bits per heavy atom. The summed E-state index contributed by atoms with van der Waals surface area (Å²) in [6.45, 7) is 0.354. The van der Waals surface area contributed by atoms with Crippen LogP contribution in [0.25, 0.3) is 0 Å². The minimum absolute atomic E-state index is 0.0964. The summed E-state index contributed by atoms with van der Waals surface area (Å²) >= 11 is 0. The van der Waals surface area contributed by atoms with Crippen LogP contribution in [0.15, 0.2) is 53.4 Å². The molecule has 160 valence electrons. The summed E-state index contributed by atoms with van der Waals surface area (Å²) in [6.07, 6.45) is 1.96. The average molecular weight is 431 g/mol. The van der Waals surface area contributed by atoms with Crippen molar-refractivity contribution >= 4 is 15.9 Å². The van der Waals surface area contributed by atoms with Crippen molar-refractivity contribution in [2.24, 2.45) is 5.92 Å². The Kier molecular flexibility index (Phi) is 5.71. The first-order valence-electron chi connectivity index (χ1n) is 10.0. The summed E-state index contributed by atoms with van der Waals surface area (Å²) in [5, 5.41) is 3.04. The van der Waals surface area contributed by atoms with Gasteiger partial charge in [0, 0.05) is 25.0 Å². The fraction of sp³-hybridized carbons (Fsp3) is 0.409. The van der Waals surface area contributed by atoms with Gasteiger partial charge in [0.25, 0.3) is 0 Å². The minimum Gasteiger partial charge on any atom is -0.497 e. The van der Waals surface area contributed by atoms with Crippen molar-refractivity contribution in [1.29, 1.82) is 0 Å². The van der Waals surface area contributed by atoms with Crippen LogP contribution in [0.2, 0.25) is 0 Å². The molecule has 1 aliphatic carbocycles. The number of para-hydroxylation sites is 1. The van der Waals surface area contributed by atoms with Crippen LogP contribution in [0.3, 0.4) is 0 Å². The fourth-order valence-corrected chi connectivity index (χ4v) is 5.44. The van der Waals surface area contributed by atoms with Crippen LogP contribution in [-0.2, 0) is 14.8 Å². The van der Waals surface area contributed by atoms with E-state index < -0.39 is 15.9 Å². The summed E-state index contributed by atoms with van der Waals surface area (Å²) in [6, 6.07) is 14.0. The molecule has 2 aromatic rings. The summed E-state index contributed by atoms with van der Waals surface area (Å²) < 4.78 is 38.6. The normalized spacial score (nSPS) is 21.9. The van der Waals surface area contributed by atoms with Crippen LogP contribution in [0.5, 0.6) is 11.5 Å². The number of nitrogens with one attached hydrogen (secondary N) is 1. The Bertz CT molecular complexity index is 1020. The molecule has 0 aromatic heterocycles. The first-order valence-corrected chi connectivity index (χ1v) is 11.5. The van der Waals surface area contributed by atoms with Gasteiger partial charge in [-0.1, -0.05) is 18.2 Å². The van der Waals surface area contributed by atoms with E-state index in [2.05, 4.69) is 5.32 Å². The van der Waals surface area contributed by atoms with Crippen molar-refractivity contribution in [1.82, 2.24) is 9.62 Å². The molecule has 4 rings (SSSR count). The number of hydrogen-bond acceptors (Lipinski definition) is 5. The molecule has 1 saturated carbocycles. The van der Waals surface area contributed by atoms with Gasteiger partial charge in [0.2, 0.25) is 15.9 Å². The second-order valence-electron chi connectivity index (χ2n) is 7.74. The average Bonchev–Trinajstić information content (AvgIpc) is 3.46. The van der Waals surface area contributed by atoms with Crippen LogP contribution in [-0.4, -0.2) is 52.0 Å². The molecule has 30 heavy (non-hydrogen) atoms. The van der Waals surface area contributed by atoms with Crippen molar-refractivity contribution in [3.63, 3.8) is 0 Å². The largest absolute Gasteiger partial charge is 0.497 e. The summed E-state index contributed by atoms with van der Waals surface area (Å²) in [5.74, 6) is 0.392. The van der Waals surface area contributed by atoms with Crippen LogP contribution in [0.1, 0.15) is 24.3 Å². The van der Waals surface area contributed by atoms with Gasteiger partial charge in [-0.3, -0.25) is 4.79 Å². The number of rotatable bonds is 7. The number of amides is 1. The third kappa shape index (κ3) is 4.02. The lowest BCUT2D eigenvalue weighted by atomic mass is 9.87. The van der Waals surface area contributed by atoms with Crippen LogP contribution in [0, 0.1) is 5.92 Å². The van der Waals surface area contributed by atoms with E-state index in [1.54, 1.807) is 19.2 Å². The molecule has 1 heterocycles. The number of hydrogen-bond donors (Lipinski definition) is 1. The standard InChI is InChI=1S/C22H26N2O5S/c1-28-16-9-11-17(12-10-16)30(26,27)24-13-19(18-5-3-4-6-21(18)29-2)20(14-24)22(25)23-15-7-8-15/h3-6,9-12,15,19-20H,7-8,13-14H2,1-2H3,(H,23,25). The van der Waals surface area contributed by atoms with E-state index in [9.17, 15) is 13.2 Å². The highest BCUT2D eigenvalue weighted by molar-refractivity contribution is 7.89. The first-order chi connectivity index (χ1) is 14.4. The van der Waals surface area contributed by atoms with Gasteiger partial charge in [-0.15, -0.1) is 0 Å². The lowest BCUT2D eigenvalue weighted by Gasteiger charge is -2.20. The van der Waals surface area contributed by atoms with Crippen molar-refractivity contribution in [3.05, 3.63) is 54.1 Å². The molecule has 1 amide bonds. The van der Waals surface area contributed by atoms with E-state index in [1.165, 1.54) is 23.5 Å². The van der Waals surface area contributed by atoms with Gasteiger partial charge in [0.05, 0.1) is 25.0 Å². The predicted octanol–water partition coefficient (Wildman–Crippen LogP) is 2.39. The maximum atomic E-state index is 13.3. The molecule has 1 saturated heterocycles. The number of nitrogens with zero attached hydrogens (tertiary/aromatic N) is 1. The lowest BCUT2D eigenvalue weighted by Crippen LogP contribution is -2.36. The number of carbonyl (C=O) groups excluding carboxylic acids is 1. The zero-order chi connectivity index (χ0) is 21.3. The molecule has 1 N–H and O–H groups in total. The Morgan fingerprint density at radius 3 is 2.33 bits per heavy atom. The molecule has 8 heteroatoms.